The molecule has 0 radical (unpaired) electrons. The number of benzene rings is 3. The first-order chi connectivity index (χ1) is 15.0. The van der Waals surface area contributed by atoms with Gasteiger partial charge in [0.05, 0.1) is 0 Å². The number of halogens is 1. The molecule has 3 nitrogen and oxygen atoms in total. The molecule has 0 aliphatic carbocycles. The van der Waals surface area contributed by atoms with Crippen LogP contribution in [0.4, 0.5) is 10.1 Å². The number of fused-ring (bicyclic) bond motifs is 2. The van der Waals surface area contributed by atoms with E-state index in [0.29, 0.717) is 12.1 Å². The van der Waals surface area contributed by atoms with Crippen LogP contribution in [0.2, 0.25) is 0 Å². The molecule has 3 aromatic rings. The van der Waals surface area contributed by atoms with Gasteiger partial charge in [-0.2, -0.15) is 0 Å². The van der Waals surface area contributed by atoms with Crippen molar-refractivity contribution < 1.29 is 9.18 Å². The van der Waals surface area contributed by atoms with Crippen LogP contribution in [0.15, 0.2) is 72.8 Å². The van der Waals surface area contributed by atoms with Gasteiger partial charge in [0, 0.05) is 29.8 Å². The summed E-state index contributed by atoms with van der Waals surface area (Å²) in [5.41, 5.74) is 5.18. The van der Waals surface area contributed by atoms with Crippen molar-refractivity contribution in [2.45, 2.75) is 31.7 Å². The molecule has 1 spiro atoms. The fraction of sp³-hybridized carbons (Fsp3) is 0.296. The molecule has 0 unspecified atom stereocenters. The van der Waals surface area contributed by atoms with Crippen LogP contribution in [-0.2, 0) is 12.0 Å². The lowest BCUT2D eigenvalue weighted by atomic mass is 9.74. The Bertz CT molecular complexity index is 1100. The summed E-state index contributed by atoms with van der Waals surface area (Å²) in [4.78, 5) is 17.7. The first kappa shape index (κ1) is 20.0. The lowest BCUT2D eigenvalue weighted by Gasteiger charge is -2.40. The van der Waals surface area contributed by atoms with Gasteiger partial charge in [0.2, 0.25) is 0 Å². The number of hydrogen-bond donors (Lipinski definition) is 0. The number of nitrogens with zero attached hydrogens (tertiary/aromatic N) is 2. The molecule has 3 aromatic carbocycles. The second kappa shape index (κ2) is 7.93. The highest BCUT2D eigenvalue weighted by Crippen LogP contribution is 2.48. The van der Waals surface area contributed by atoms with Crippen molar-refractivity contribution in [3.63, 3.8) is 0 Å². The Balaban J connectivity index is 1.40. The van der Waals surface area contributed by atoms with Crippen molar-refractivity contribution in [1.29, 1.82) is 0 Å². The number of aryl methyl sites for hydroxylation is 1. The van der Waals surface area contributed by atoms with E-state index < -0.39 is 0 Å². The Morgan fingerprint density at radius 1 is 0.968 bits per heavy atom. The molecular formula is C27H27FN2O. The van der Waals surface area contributed by atoms with Gasteiger partial charge in [0.15, 0.2) is 0 Å². The van der Waals surface area contributed by atoms with E-state index in [1.807, 2.05) is 4.90 Å². The van der Waals surface area contributed by atoms with Crippen LogP contribution in [0.5, 0.6) is 0 Å². The zero-order chi connectivity index (χ0) is 21.4. The number of rotatable bonds is 3. The molecule has 2 heterocycles. The van der Waals surface area contributed by atoms with E-state index in [9.17, 15) is 9.18 Å². The van der Waals surface area contributed by atoms with Crippen LogP contribution in [0, 0.1) is 12.7 Å². The highest BCUT2D eigenvalue weighted by molar-refractivity contribution is 6.07. The Morgan fingerprint density at radius 3 is 2.48 bits per heavy atom. The number of piperidine rings is 1. The minimum atomic E-state index is -0.377. The number of carbonyl (C=O) groups excluding carboxylic acids is 1. The Morgan fingerprint density at radius 2 is 1.74 bits per heavy atom. The summed E-state index contributed by atoms with van der Waals surface area (Å²) >= 11 is 0. The fourth-order valence-corrected chi connectivity index (χ4v) is 5.15. The summed E-state index contributed by atoms with van der Waals surface area (Å²) in [6.45, 7) is 5.74. The van der Waals surface area contributed by atoms with Crippen molar-refractivity contribution in [2.24, 2.45) is 0 Å². The molecule has 0 N–H and O–H groups in total. The van der Waals surface area contributed by atoms with Crippen LogP contribution in [-0.4, -0.2) is 30.4 Å². The molecule has 4 heteroatoms. The lowest BCUT2D eigenvalue weighted by molar-refractivity contribution is 0.0975. The fourth-order valence-electron chi connectivity index (χ4n) is 5.15. The molecule has 1 fully saturated rings. The number of anilines is 1. The summed E-state index contributed by atoms with van der Waals surface area (Å²) in [7, 11) is 0. The molecular weight excluding hydrogens is 387 g/mol. The summed E-state index contributed by atoms with van der Waals surface area (Å²) in [6.07, 6.45) is 2.03. The average Bonchev–Trinajstić information content (AvgIpc) is 3.09. The van der Waals surface area contributed by atoms with Crippen LogP contribution in [0.25, 0.3) is 0 Å². The molecule has 2 aliphatic rings. The molecule has 1 amide bonds. The van der Waals surface area contributed by atoms with E-state index >= 15 is 0 Å². The van der Waals surface area contributed by atoms with Crippen molar-refractivity contribution in [3.8, 4) is 0 Å². The molecule has 31 heavy (non-hydrogen) atoms. The third-order valence-electron chi connectivity index (χ3n) is 6.85. The zero-order valence-electron chi connectivity index (χ0n) is 17.9. The number of likely N-dealkylation sites (tertiary alicyclic amines) is 1. The van der Waals surface area contributed by atoms with Crippen molar-refractivity contribution in [2.75, 3.05) is 24.5 Å². The smallest absolute Gasteiger partial charge is 0.258 e. The number of amides is 1. The minimum absolute atomic E-state index is 0.0302. The molecule has 1 saturated heterocycles. The Hall–Kier alpha value is -2.98. The third kappa shape index (κ3) is 3.77. The van der Waals surface area contributed by atoms with E-state index in [-0.39, 0.29) is 17.1 Å². The molecule has 0 saturated carbocycles. The van der Waals surface area contributed by atoms with Gasteiger partial charge in [-0.1, -0.05) is 54.1 Å². The number of carbonyl (C=O) groups is 1. The largest absolute Gasteiger partial charge is 0.307 e. The first-order valence-corrected chi connectivity index (χ1v) is 11.0. The summed E-state index contributed by atoms with van der Waals surface area (Å²) in [5.74, 6) is -0.494. The van der Waals surface area contributed by atoms with E-state index in [4.69, 9.17) is 0 Å². The van der Waals surface area contributed by atoms with Gasteiger partial charge < -0.3 is 4.90 Å². The normalized spacial score (nSPS) is 17.7. The minimum Gasteiger partial charge on any atom is -0.307 e. The number of hydrogen-bond acceptors (Lipinski definition) is 2. The third-order valence-corrected chi connectivity index (χ3v) is 6.85. The molecule has 0 atom stereocenters. The second-order valence-electron chi connectivity index (χ2n) is 8.96. The topological polar surface area (TPSA) is 23.6 Å². The van der Waals surface area contributed by atoms with Gasteiger partial charge in [0.1, 0.15) is 5.82 Å². The van der Waals surface area contributed by atoms with Crippen molar-refractivity contribution in [1.82, 2.24) is 4.90 Å². The van der Waals surface area contributed by atoms with E-state index in [1.165, 1.54) is 28.8 Å². The average molecular weight is 415 g/mol. The van der Waals surface area contributed by atoms with Gasteiger partial charge in [-0.3, -0.25) is 9.69 Å². The standard InChI is InChI=1S/C27H27FN2O/c1-20-10-11-25-24(16-20)27(19-30(25)26(31)22-8-5-9-23(28)17-22)12-14-29(15-13-27)18-21-6-3-2-4-7-21/h2-11,16-17H,12-15,18-19H2,1H3. The maximum absolute atomic E-state index is 13.8. The van der Waals surface area contributed by atoms with Gasteiger partial charge in [-0.05, 0) is 68.2 Å². The van der Waals surface area contributed by atoms with Crippen molar-refractivity contribution >= 4 is 11.6 Å². The predicted octanol–water partition coefficient (Wildman–Crippen LogP) is 5.33. The van der Waals surface area contributed by atoms with Gasteiger partial charge >= 0.3 is 0 Å². The zero-order valence-corrected chi connectivity index (χ0v) is 17.9. The van der Waals surface area contributed by atoms with Crippen LogP contribution in [0.1, 0.15) is 39.9 Å². The second-order valence-corrected chi connectivity index (χ2v) is 8.96. The highest BCUT2D eigenvalue weighted by atomic mass is 19.1. The molecule has 5 rings (SSSR count). The Labute approximate surface area is 183 Å². The van der Waals surface area contributed by atoms with Gasteiger partial charge in [-0.25, -0.2) is 4.39 Å². The van der Waals surface area contributed by atoms with Crippen LogP contribution < -0.4 is 4.90 Å². The predicted molar refractivity (Wildman–Crippen MR) is 122 cm³/mol. The molecule has 0 bridgehead atoms. The van der Waals surface area contributed by atoms with Crippen LogP contribution >= 0.6 is 0 Å². The highest BCUT2D eigenvalue weighted by Gasteiger charge is 2.46. The SMILES string of the molecule is Cc1ccc2c(c1)C1(CCN(Cc3ccccc3)CC1)CN2C(=O)c1cccc(F)c1. The molecule has 2 aliphatic heterocycles. The van der Waals surface area contributed by atoms with Gasteiger partial charge in [-0.15, -0.1) is 0 Å². The summed E-state index contributed by atoms with van der Waals surface area (Å²) in [5, 5.41) is 0. The summed E-state index contributed by atoms with van der Waals surface area (Å²) < 4.78 is 13.8. The summed E-state index contributed by atoms with van der Waals surface area (Å²) in [6, 6.07) is 23.0. The maximum atomic E-state index is 13.8. The molecule has 158 valence electrons. The van der Waals surface area contributed by atoms with Crippen molar-refractivity contribution in [3.05, 3.63) is 101 Å². The maximum Gasteiger partial charge on any atom is 0.258 e. The van der Waals surface area contributed by atoms with E-state index in [0.717, 1.165) is 38.2 Å². The monoisotopic (exact) mass is 414 g/mol. The van der Waals surface area contributed by atoms with Crippen LogP contribution in [0.3, 0.4) is 0 Å². The Kier molecular flexibility index (Phi) is 5.11. The quantitative estimate of drug-likeness (QED) is 0.578. The lowest BCUT2D eigenvalue weighted by Crippen LogP contribution is -2.45. The first-order valence-electron chi connectivity index (χ1n) is 11.0. The van der Waals surface area contributed by atoms with E-state index in [1.54, 1.807) is 12.1 Å². The van der Waals surface area contributed by atoms with E-state index in [2.05, 4.69) is 60.4 Å². The van der Waals surface area contributed by atoms with Gasteiger partial charge in [0.25, 0.3) is 5.91 Å². The molecule has 0 aromatic heterocycles.